The molecule has 0 aromatic heterocycles. The normalized spacial score (nSPS) is 14.9. The highest BCUT2D eigenvalue weighted by Crippen LogP contribution is 2.20. The monoisotopic (exact) mass is 548 g/mol. The first-order valence-electron chi connectivity index (χ1n) is 9.41. The van der Waals surface area contributed by atoms with Gasteiger partial charge in [-0.05, 0) is 28.8 Å². The molecule has 0 spiro atoms. The average Bonchev–Trinajstić information content (AvgIpc) is 2.71. The molecule has 2 aromatic carbocycles. The van der Waals surface area contributed by atoms with Gasteiger partial charge in [-0.3, -0.25) is 9.89 Å². The van der Waals surface area contributed by atoms with E-state index in [0.717, 1.165) is 44.4 Å². The Bertz CT molecular complexity index is 813. The smallest absolute Gasteiger partial charge is 0.191 e. The lowest BCUT2D eigenvalue weighted by molar-refractivity contribution is 0.0341. The van der Waals surface area contributed by atoms with E-state index in [9.17, 15) is 0 Å². The number of nitrogens with zero attached hydrogens (tertiary/aromatic N) is 2. The van der Waals surface area contributed by atoms with Gasteiger partial charge in [0.25, 0.3) is 0 Å². The van der Waals surface area contributed by atoms with Gasteiger partial charge < -0.3 is 15.4 Å². The summed E-state index contributed by atoms with van der Waals surface area (Å²) >= 11 is 12.2. The van der Waals surface area contributed by atoms with Gasteiger partial charge in [0.1, 0.15) is 0 Å². The minimum atomic E-state index is 0. The van der Waals surface area contributed by atoms with Crippen LogP contribution in [-0.4, -0.2) is 44.2 Å². The summed E-state index contributed by atoms with van der Waals surface area (Å²) in [6, 6.07) is 14.0. The van der Waals surface area contributed by atoms with E-state index >= 15 is 0 Å². The maximum Gasteiger partial charge on any atom is 0.191 e. The van der Waals surface area contributed by atoms with Gasteiger partial charge in [0.05, 0.1) is 13.2 Å². The van der Waals surface area contributed by atoms with Crippen LogP contribution in [0.4, 0.5) is 0 Å². The van der Waals surface area contributed by atoms with Gasteiger partial charge in [0, 0.05) is 49.8 Å². The Morgan fingerprint density at radius 2 is 1.66 bits per heavy atom. The SMILES string of the molecule is CN=C(NCc1ccc(Cl)cc1Cl)NCc1ccccc1CN1CCOCC1.I. The van der Waals surface area contributed by atoms with Crippen LogP contribution in [0.1, 0.15) is 16.7 Å². The molecule has 0 radical (unpaired) electrons. The maximum atomic E-state index is 6.24. The zero-order valence-electron chi connectivity index (χ0n) is 16.5. The van der Waals surface area contributed by atoms with E-state index in [1.165, 1.54) is 11.1 Å². The van der Waals surface area contributed by atoms with Crippen molar-refractivity contribution in [2.24, 2.45) is 4.99 Å². The second-order valence-electron chi connectivity index (χ2n) is 6.67. The summed E-state index contributed by atoms with van der Waals surface area (Å²) in [5.74, 6) is 0.729. The van der Waals surface area contributed by atoms with Crippen molar-refractivity contribution >= 4 is 53.1 Å². The minimum Gasteiger partial charge on any atom is -0.379 e. The van der Waals surface area contributed by atoms with Gasteiger partial charge in [-0.2, -0.15) is 0 Å². The highest BCUT2D eigenvalue weighted by molar-refractivity contribution is 14.0. The van der Waals surface area contributed by atoms with Gasteiger partial charge >= 0.3 is 0 Å². The second kappa shape index (κ2) is 12.6. The molecular weight excluding hydrogens is 522 g/mol. The molecule has 0 unspecified atom stereocenters. The number of rotatable bonds is 6. The van der Waals surface area contributed by atoms with Crippen molar-refractivity contribution < 1.29 is 4.74 Å². The molecule has 2 aromatic rings. The van der Waals surface area contributed by atoms with E-state index in [0.29, 0.717) is 23.1 Å². The summed E-state index contributed by atoms with van der Waals surface area (Å²) in [6.45, 7) is 5.79. The van der Waals surface area contributed by atoms with Crippen molar-refractivity contribution in [2.45, 2.75) is 19.6 Å². The fourth-order valence-electron chi connectivity index (χ4n) is 3.13. The zero-order valence-corrected chi connectivity index (χ0v) is 20.3. The molecule has 1 aliphatic rings. The van der Waals surface area contributed by atoms with Crippen LogP contribution in [0.2, 0.25) is 10.0 Å². The van der Waals surface area contributed by atoms with Crippen molar-refractivity contribution in [2.75, 3.05) is 33.4 Å². The van der Waals surface area contributed by atoms with E-state index in [2.05, 4.69) is 44.8 Å². The Kier molecular flexibility index (Phi) is 10.5. The minimum absolute atomic E-state index is 0. The molecule has 0 aliphatic carbocycles. The fraction of sp³-hybridized carbons (Fsp3) is 0.381. The zero-order chi connectivity index (χ0) is 19.8. The van der Waals surface area contributed by atoms with E-state index < -0.39 is 0 Å². The van der Waals surface area contributed by atoms with Crippen molar-refractivity contribution in [3.05, 3.63) is 69.2 Å². The lowest BCUT2D eigenvalue weighted by Gasteiger charge is -2.27. The van der Waals surface area contributed by atoms with Crippen LogP contribution < -0.4 is 10.6 Å². The topological polar surface area (TPSA) is 48.9 Å². The third-order valence-corrected chi connectivity index (χ3v) is 5.33. The first kappa shape index (κ1) is 24.2. The molecule has 2 N–H and O–H groups in total. The van der Waals surface area contributed by atoms with Gasteiger partial charge in [0.15, 0.2) is 5.96 Å². The number of nitrogens with one attached hydrogen (secondary N) is 2. The van der Waals surface area contributed by atoms with Gasteiger partial charge in [-0.1, -0.05) is 53.5 Å². The second-order valence-corrected chi connectivity index (χ2v) is 7.52. The Hall–Kier alpha value is -1.06. The summed E-state index contributed by atoms with van der Waals surface area (Å²) in [5, 5.41) is 7.97. The van der Waals surface area contributed by atoms with Crippen molar-refractivity contribution in [3.8, 4) is 0 Å². The molecule has 1 fully saturated rings. The average molecular weight is 549 g/mol. The summed E-state index contributed by atoms with van der Waals surface area (Å²) in [6.07, 6.45) is 0. The van der Waals surface area contributed by atoms with E-state index in [-0.39, 0.29) is 24.0 Å². The predicted molar refractivity (Wildman–Crippen MR) is 131 cm³/mol. The van der Waals surface area contributed by atoms with Crippen molar-refractivity contribution in [3.63, 3.8) is 0 Å². The number of morpholine rings is 1. The fourth-order valence-corrected chi connectivity index (χ4v) is 3.60. The molecule has 0 atom stereocenters. The summed E-state index contributed by atoms with van der Waals surface area (Å²) in [5.41, 5.74) is 3.57. The Morgan fingerprint density at radius 3 is 2.31 bits per heavy atom. The molecule has 29 heavy (non-hydrogen) atoms. The van der Waals surface area contributed by atoms with Gasteiger partial charge in [-0.25, -0.2) is 0 Å². The Morgan fingerprint density at radius 1 is 1.00 bits per heavy atom. The van der Waals surface area contributed by atoms with Crippen LogP contribution in [0.25, 0.3) is 0 Å². The number of hydrogen-bond acceptors (Lipinski definition) is 3. The van der Waals surface area contributed by atoms with Gasteiger partial charge in [0.2, 0.25) is 0 Å². The van der Waals surface area contributed by atoms with Crippen molar-refractivity contribution in [1.82, 2.24) is 15.5 Å². The number of ether oxygens (including phenoxy) is 1. The molecule has 1 heterocycles. The van der Waals surface area contributed by atoms with Crippen LogP contribution in [-0.2, 0) is 24.4 Å². The first-order valence-corrected chi connectivity index (χ1v) is 10.2. The van der Waals surface area contributed by atoms with E-state index in [1.54, 1.807) is 13.1 Å². The van der Waals surface area contributed by atoms with E-state index in [1.807, 2.05) is 12.1 Å². The molecule has 3 rings (SSSR count). The molecule has 1 aliphatic heterocycles. The highest BCUT2D eigenvalue weighted by Gasteiger charge is 2.13. The largest absolute Gasteiger partial charge is 0.379 e. The molecule has 0 saturated carbocycles. The van der Waals surface area contributed by atoms with E-state index in [4.69, 9.17) is 27.9 Å². The molecule has 0 amide bonds. The lowest BCUT2D eigenvalue weighted by Crippen LogP contribution is -2.37. The first-order chi connectivity index (χ1) is 13.7. The molecule has 158 valence electrons. The molecule has 8 heteroatoms. The number of hydrogen-bond donors (Lipinski definition) is 2. The standard InChI is InChI=1S/C21H26Cl2N4O.HI/c1-24-21(26-14-17-6-7-19(22)12-20(17)23)25-13-16-4-2-3-5-18(16)15-27-8-10-28-11-9-27;/h2-7,12H,8-11,13-15H2,1H3,(H2,24,25,26);1H. The number of guanidine groups is 1. The number of aliphatic imine (C=N–C) groups is 1. The third-order valence-electron chi connectivity index (χ3n) is 4.75. The number of halogens is 3. The summed E-state index contributed by atoms with van der Waals surface area (Å²) in [4.78, 5) is 6.74. The van der Waals surface area contributed by atoms with Crippen LogP contribution in [0.5, 0.6) is 0 Å². The molecular formula is C21H27Cl2IN4O. The van der Waals surface area contributed by atoms with Crippen LogP contribution in [0.3, 0.4) is 0 Å². The number of benzene rings is 2. The third kappa shape index (κ3) is 7.61. The van der Waals surface area contributed by atoms with Crippen LogP contribution >= 0.6 is 47.2 Å². The van der Waals surface area contributed by atoms with Gasteiger partial charge in [-0.15, -0.1) is 24.0 Å². The van der Waals surface area contributed by atoms with Crippen molar-refractivity contribution in [1.29, 1.82) is 0 Å². The predicted octanol–water partition coefficient (Wildman–Crippen LogP) is 4.31. The molecule has 0 bridgehead atoms. The quantitative estimate of drug-likeness (QED) is 0.321. The maximum absolute atomic E-state index is 6.24. The molecule has 1 saturated heterocycles. The van der Waals surface area contributed by atoms with Crippen LogP contribution in [0.15, 0.2) is 47.5 Å². The Balaban J connectivity index is 0.00000300. The van der Waals surface area contributed by atoms with Crippen LogP contribution in [0, 0.1) is 0 Å². The Labute approximate surface area is 199 Å². The highest BCUT2D eigenvalue weighted by atomic mass is 127. The molecule has 5 nitrogen and oxygen atoms in total. The summed E-state index contributed by atoms with van der Waals surface area (Å²) in [7, 11) is 1.76. The lowest BCUT2D eigenvalue weighted by atomic mass is 10.1. The summed E-state index contributed by atoms with van der Waals surface area (Å²) < 4.78 is 5.44.